The molecule has 0 radical (unpaired) electrons. The van der Waals surface area contributed by atoms with Gasteiger partial charge in [0.15, 0.2) is 9.84 Å². The number of benzene rings is 2. The van der Waals surface area contributed by atoms with Crippen molar-refractivity contribution in [3.63, 3.8) is 0 Å². The molecule has 0 N–H and O–H groups in total. The van der Waals surface area contributed by atoms with E-state index in [1.807, 2.05) is 43.3 Å². The van der Waals surface area contributed by atoms with Crippen molar-refractivity contribution < 1.29 is 13.1 Å². The third-order valence-electron chi connectivity index (χ3n) is 6.05. The fourth-order valence-corrected chi connectivity index (χ4v) is 6.77. The Balaban J connectivity index is 1.72. The van der Waals surface area contributed by atoms with Gasteiger partial charge < -0.3 is 9.85 Å². The summed E-state index contributed by atoms with van der Waals surface area (Å²) in [7, 11) is -3.50. The van der Waals surface area contributed by atoms with E-state index < -0.39 is 19.7 Å². The standard InChI is InChI=1S/C21H25NO3S/c1-16-14-20(26(24,25)19-10-6-3-7-11-19)21(18-12-13-18)22(16,23)15-17-8-4-2-5-9-17/h2-11,16,18,20-21H,12-15H2,1H3/t16-,20-,21-,22-/m0/s1. The van der Waals surface area contributed by atoms with Gasteiger partial charge in [-0.1, -0.05) is 48.5 Å². The van der Waals surface area contributed by atoms with Crippen molar-refractivity contribution in [2.45, 2.75) is 55.0 Å². The van der Waals surface area contributed by atoms with E-state index in [9.17, 15) is 13.6 Å². The first-order valence-corrected chi connectivity index (χ1v) is 10.9. The summed E-state index contributed by atoms with van der Waals surface area (Å²) in [6, 6.07) is 17.8. The number of hydroxylamine groups is 3. The molecule has 1 saturated carbocycles. The van der Waals surface area contributed by atoms with Gasteiger partial charge in [0.2, 0.25) is 0 Å². The number of rotatable bonds is 5. The van der Waals surface area contributed by atoms with Gasteiger partial charge in [0.1, 0.15) is 17.8 Å². The van der Waals surface area contributed by atoms with Crippen LogP contribution < -0.4 is 0 Å². The lowest BCUT2D eigenvalue weighted by atomic mass is 10.1. The molecule has 2 aromatic carbocycles. The highest BCUT2D eigenvalue weighted by Gasteiger charge is 2.58. The molecule has 2 aliphatic rings. The molecule has 5 heteroatoms. The van der Waals surface area contributed by atoms with E-state index in [1.165, 1.54) is 0 Å². The van der Waals surface area contributed by atoms with Gasteiger partial charge in [-0.2, -0.15) is 0 Å². The molecule has 4 nitrogen and oxygen atoms in total. The highest BCUT2D eigenvalue weighted by molar-refractivity contribution is 7.92. The first kappa shape index (κ1) is 17.7. The van der Waals surface area contributed by atoms with E-state index in [0.717, 1.165) is 18.4 Å². The van der Waals surface area contributed by atoms with E-state index in [2.05, 4.69) is 0 Å². The molecule has 0 bridgehead atoms. The average Bonchev–Trinajstić information content (AvgIpc) is 3.43. The van der Waals surface area contributed by atoms with E-state index >= 15 is 0 Å². The predicted octanol–water partition coefficient (Wildman–Crippen LogP) is 3.91. The number of sulfone groups is 1. The van der Waals surface area contributed by atoms with Gasteiger partial charge in [0.25, 0.3) is 0 Å². The van der Waals surface area contributed by atoms with Crippen LogP contribution >= 0.6 is 0 Å². The maximum absolute atomic E-state index is 14.0. The van der Waals surface area contributed by atoms with Crippen molar-refractivity contribution in [3.8, 4) is 0 Å². The number of hydrogen-bond donors (Lipinski definition) is 0. The van der Waals surface area contributed by atoms with Gasteiger partial charge in [0.05, 0.1) is 10.9 Å². The van der Waals surface area contributed by atoms with Gasteiger partial charge in [-0.3, -0.25) is 0 Å². The van der Waals surface area contributed by atoms with Crippen LogP contribution in [-0.2, 0) is 16.4 Å². The van der Waals surface area contributed by atoms with Crippen molar-refractivity contribution in [2.75, 3.05) is 0 Å². The summed E-state index contributed by atoms with van der Waals surface area (Å²) in [5.74, 6) is 0.227. The first-order chi connectivity index (χ1) is 12.4. The Morgan fingerprint density at radius 2 is 1.58 bits per heavy atom. The summed E-state index contributed by atoms with van der Waals surface area (Å²) in [6.07, 6.45) is 2.37. The Hall–Kier alpha value is -1.69. The van der Waals surface area contributed by atoms with E-state index in [4.69, 9.17) is 0 Å². The molecule has 1 aliphatic heterocycles. The zero-order chi connectivity index (χ0) is 18.4. The van der Waals surface area contributed by atoms with Crippen LogP contribution in [0.2, 0.25) is 0 Å². The second-order valence-electron chi connectivity index (χ2n) is 7.81. The molecule has 0 aromatic heterocycles. The minimum Gasteiger partial charge on any atom is -0.632 e. The Morgan fingerprint density at radius 3 is 2.15 bits per heavy atom. The van der Waals surface area contributed by atoms with Gasteiger partial charge >= 0.3 is 0 Å². The quantitative estimate of drug-likeness (QED) is 0.591. The molecule has 4 atom stereocenters. The maximum atomic E-state index is 14.0. The normalized spacial score (nSPS) is 31.8. The molecule has 138 valence electrons. The van der Waals surface area contributed by atoms with Crippen molar-refractivity contribution in [2.24, 2.45) is 5.92 Å². The Labute approximate surface area is 155 Å². The highest BCUT2D eigenvalue weighted by atomic mass is 32.2. The summed E-state index contributed by atoms with van der Waals surface area (Å²) in [5, 5.41) is 13.4. The molecule has 2 aromatic rings. The zero-order valence-corrected chi connectivity index (χ0v) is 15.8. The molecule has 0 spiro atoms. The lowest BCUT2D eigenvalue weighted by Crippen LogP contribution is -2.54. The van der Waals surface area contributed by atoms with Crippen LogP contribution in [0.4, 0.5) is 0 Å². The largest absolute Gasteiger partial charge is 0.632 e. The molecular weight excluding hydrogens is 346 g/mol. The van der Waals surface area contributed by atoms with Crippen LogP contribution in [0, 0.1) is 11.1 Å². The van der Waals surface area contributed by atoms with Crippen LogP contribution in [0.3, 0.4) is 0 Å². The number of nitrogens with zero attached hydrogens (tertiary/aromatic N) is 1. The molecule has 0 amide bonds. The summed E-state index contributed by atoms with van der Waals surface area (Å²) in [6.45, 7) is 2.27. The summed E-state index contributed by atoms with van der Waals surface area (Å²) < 4.78 is 26.2. The SMILES string of the molecule is C[C@H]1C[C@H](S(=O)(=O)c2ccccc2)[C@H](C2CC2)[N@+]1([O-])Cc1ccccc1. The summed E-state index contributed by atoms with van der Waals surface area (Å²) >= 11 is 0. The molecule has 1 heterocycles. The second kappa shape index (κ2) is 6.48. The zero-order valence-electron chi connectivity index (χ0n) is 15.0. The molecule has 1 aliphatic carbocycles. The molecule has 1 saturated heterocycles. The minimum absolute atomic E-state index is 0.218. The number of hydrogen-bond acceptors (Lipinski definition) is 3. The lowest BCUT2D eigenvalue weighted by Gasteiger charge is -2.49. The number of quaternary nitrogens is 1. The third-order valence-corrected chi connectivity index (χ3v) is 8.25. The number of likely N-dealkylation sites (tertiary alicyclic amines) is 1. The van der Waals surface area contributed by atoms with Crippen LogP contribution in [0.15, 0.2) is 65.6 Å². The Morgan fingerprint density at radius 1 is 1.00 bits per heavy atom. The van der Waals surface area contributed by atoms with Crippen molar-refractivity contribution in [1.29, 1.82) is 0 Å². The summed E-state index contributed by atoms with van der Waals surface area (Å²) in [4.78, 5) is 0.344. The fraction of sp³-hybridized carbons (Fsp3) is 0.429. The molecule has 4 rings (SSSR count). The van der Waals surface area contributed by atoms with Gasteiger partial charge in [-0.25, -0.2) is 8.42 Å². The van der Waals surface area contributed by atoms with Gasteiger partial charge in [0, 0.05) is 17.9 Å². The lowest BCUT2D eigenvalue weighted by molar-refractivity contribution is -0.928. The topological polar surface area (TPSA) is 57.2 Å². The predicted molar refractivity (Wildman–Crippen MR) is 102 cm³/mol. The molecule has 0 unspecified atom stereocenters. The Kier molecular flexibility index (Phi) is 4.41. The fourth-order valence-electron chi connectivity index (χ4n) is 4.55. The van der Waals surface area contributed by atoms with Gasteiger partial charge in [-0.15, -0.1) is 0 Å². The first-order valence-electron chi connectivity index (χ1n) is 9.34. The van der Waals surface area contributed by atoms with Crippen molar-refractivity contribution >= 4 is 9.84 Å². The average molecular weight is 372 g/mol. The highest BCUT2D eigenvalue weighted by Crippen LogP contribution is 2.50. The van der Waals surface area contributed by atoms with E-state index in [1.54, 1.807) is 24.3 Å². The van der Waals surface area contributed by atoms with Gasteiger partial charge in [-0.05, 0) is 31.9 Å². The molecule has 2 fully saturated rings. The molecule has 26 heavy (non-hydrogen) atoms. The van der Waals surface area contributed by atoms with Crippen LogP contribution in [-0.4, -0.2) is 30.4 Å². The van der Waals surface area contributed by atoms with Crippen LogP contribution in [0.5, 0.6) is 0 Å². The van der Waals surface area contributed by atoms with E-state index in [-0.39, 0.29) is 18.0 Å². The van der Waals surface area contributed by atoms with Crippen LogP contribution in [0.25, 0.3) is 0 Å². The van der Waals surface area contributed by atoms with E-state index in [0.29, 0.717) is 17.9 Å². The van der Waals surface area contributed by atoms with Crippen molar-refractivity contribution in [1.82, 2.24) is 0 Å². The second-order valence-corrected chi connectivity index (χ2v) is 9.97. The maximum Gasteiger partial charge on any atom is 0.187 e. The monoisotopic (exact) mass is 371 g/mol. The molecular formula is C21H25NO3S. The third kappa shape index (κ3) is 2.98. The Bertz CT molecular complexity index is 865. The van der Waals surface area contributed by atoms with Crippen molar-refractivity contribution in [3.05, 3.63) is 71.4 Å². The summed E-state index contributed by atoms with van der Waals surface area (Å²) in [5.41, 5.74) is 0.984. The minimum atomic E-state index is -3.50. The smallest absolute Gasteiger partial charge is 0.187 e. The van der Waals surface area contributed by atoms with Crippen LogP contribution in [0.1, 0.15) is 31.7 Å².